The van der Waals surface area contributed by atoms with Crippen molar-refractivity contribution in [1.29, 1.82) is 0 Å². The van der Waals surface area contributed by atoms with E-state index in [1.165, 1.54) is 0 Å². The molecule has 0 rings (SSSR count). The van der Waals surface area contributed by atoms with Crippen LogP contribution in [-0.4, -0.2) is 48.4 Å². The third-order valence-corrected chi connectivity index (χ3v) is 0. The molecule has 0 radical (unpaired) electrons. The predicted molar refractivity (Wildman–Crippen MR) is 15.0 cm³/mol. The van der Waals surface area contributed by atoms with Gasteiger partial charge in [0.05, 0.1) is 0 Å². The second-order valence-corrected chi connectivity index (χ2v) is 0.981. The minimum atomic E-state index is -0.938. The van der Waals surface area contributed by atoms with E-state index in [-0.39, 0.29) is 48.4 Å². The Balaban J connectivity index is -0.0000000200. The second kappa shape index (κ2) is 16.1. The van der Waals surface area contributed by atoms with Gasteiger partial charge in [0, 0.05) is 0 Å². The van der Waals surface area contributed by atoms with Crippen LogP contribution in [0.3, 0.4) is 0 Å². The molecule has 0 aromatic rings. The molecule has 0 bridgehead atoms. The maximum atomic E-state index is 8.86. The van der Waals surface area contributed by atoms with Crippen LogP contribution in [0.5, 0.6) is 0 Å². The van der Waals surface area contributed by atoms with E-state index in [1.807, 2.05) is 0 Å². The molecule has 0 aliphatic heterocycles. The molecule has 0 aliphatic rings. The van der Waals surface area contributed by atoms with E-state index in [1.54, 1.807) is 0 Å². The molecule has 0 unspecified atom stereocenters. The van der Waals surface area contributed by atoms with E-state index in [0.717, 1.165) is 0 Å². The van der Waals surface area contributed by atoms with E-state index in [0.29, 0.717) is 0 Å². The first-order valence-electron chi connectivity index (χ1n) is 0.324. The van der Waals surface area contributed by atoms with Gasteiger partial charge in [-0.2, -0.15) is 0 Å². The quantitative estimate of drug-likeness (QED) is 0.395. The van der Waals surface area contributed by atoms with Crippen molar-refractivity contribution in [3.63, 3.8) is 0 Å². The molecule has 0 spiro atoms. The number of hydrogen-bond donors (Lipinski definition) is 0. The van der Waals surface area contributed by atoms with E-state index < -0.39 is 14.4 Å². The molecular weight excluding hydrogens is 156 g/mol. The average Bonchev–Trinajstić information content (AvgIpc) is 0.918. The Bertz CT molecular complexity index is 19.1. The van der Waals surface area contributed by atoms with Gasteiger partial charge in [-0.1, -0.05) is 0 Å². The maximum absolute atomic E-state index is 8.86. The Morgan fingerprint density at radius 2 is 1.60 bits per heavy atom. The summed E-state index contributed by atoms with van der Waals surface area (Å²) in [5.41, 5.74) is 0. The Labute approximate surface area is 78.6 Å². The van der Waals surface area contributed by atoms with Crippen molar-refractivity contribution < 1.29 is 31.5 Å². The molecule has 5 heteroatoms. The summed E-state index contributed by atoms with van der Waals surface area (Å²) >= 11 is 2.77. The monoisotopic (exact) mass is 157 g/mol. The molecule has 0 N–H and O–H groups in total. The van der Waals surface area contributed by atoms with Crippen molar-refractivity contribution in [1.82, 2.24) is 0 Å². The first-order valence-corrected chi connectivity index (χ1v) is 3.16. The van der Waals surface area contributed by atoms with Crippen LogP contribution in [0.1, 0.15) is 0 Å². The summed E-state index contributed by atoms with van der Waals surface area (Å²) in [6.45, 7) is 0. The van der Waals surface area contributed by atoms with Crippen molar-refractivity contribution in [2.75, 3.05) is 0 Å². The molecule has 0 aromatic carbocycles. The molecule has 0 fully saturated rings. The topological polar surface area (TPSA) is 17.1 Å². The summed E-state index contributed by atoms with van der Waals surface area (Å²) in [7, 11) is 0. The Morgan fingerprint density at radius 1 is 1.60 bits per heavy atom. The molecule has 0 aliphatic carbocycles. The summed E-state index contributed by atoms with van der Waals surface area (Å²) in [5.74, 6) is 0. The van der Waals surface area contributed by atoms with Gasteiger partial charge in [0.1, 0.15) is 0 Å². The van der Waals surface area contributed by atoms with Crippen LogP contribution in [0.2, 0.25) is 0 Å². The van der Waals surface area contributed by atoms with Gasteiger partial charge in [0.15, 0.2) is 0 Å². The molecule has 0 saturated carbocycles. The van der Waals surface area contributed by atoms with Crippen LogP contribution >= 0.6 is 0 Å². The van der Waals surface area contributed by atoms with Crippen molar-refractivity contribution in [2.45, 2.75) is 0 Å². The van der Waals surface area contributed by atoms with Crippen LogP contribution in [-0.2, 0) is 31.5 Å². The summed E-state index contributed by atoms with van der Waals surface area (Å²) in [6, 6.07) is 0. The first kappa shape index (κ1) is 15.6. The van der Waals surface area contributed by atoms with Gasteiger partial charge in [-0.25, -0.2) is 0 Å². The van der Waals surface area contributed by atoms with Crippen molar-refractivity contribution >= 4 is 48.4 Å². The van der Waals surface area contributed by atoms with Gasteiger partial charge in [0.2, 0.25) is 0 Å². The Kier molecular flexibility index (Phi) is 50.3. The fourth-order valence-electron chi connectivity index (χ4n) is 0. The van der Waals surface area contributed by atoms with Crippen LogP contribution < -0.4 is 0 Å². The third-order valence-electron chi connectivity index (χ3n) is 0. The molecular formula is H2LiNaNiOV. The molecule has 1 nitrogen and oxygen atoms in total. The fraction of sp³-hybridized carbons (Fsp3) is 0. The van der Waals surface area contributed by atoms with Gasteiger partial charge < -0.3 is 0 Å². The summed E-state index contributed by atoms with van der Waals surface area (Å²) < 4.78 is 8.86. The number of hydrogen-bond acceptors (Lipinski definition) is 1. The van der Waals surface area contributed by atoms with Crippen LogP contribution in [0, 0.1) is 0 Å². The van der Waals surface area contributed by atoms with E-state index in [2.05, 4.69) is 13.4 Å². The van der Waals surface area contributed by atoms with E-state index in [4.69, 9.17) is 3.67 Å². The standard InChI is InChI=1S/Li.Na.Ni.O.V.2H. The van der Waals surface area contributed by atoms with Gasteiger partial charge >= 0.3 is 79.9 Å². The first-order chi connectivity index (χ1) is 1.41. The summed E-state index contributed by atoms with van der Waals surface area (Å²) in [4.78, 5) is 0. The summed E-state index contributed by atoms with van der Waals surface area (Å²) in [6.07, 6.45) is 0. The molecule has 25 valence electrons. The van der Waals surface area contributed by atoms with E-state index in [9.17, 15) is 0 Å². The SMILES string of the molecule is [LiH].[NaH].[O]=[V][Ni]. The molecule has 0 heterocycles. The Morgan fingerprint density at radius 3 is 1.60 bits per heavy atom. The normalized spacial score (nSPS) is 2.80. The van der Waals surface area contributed by atoms with Gasteiger partial charge in [-0.05, 0) is 0 Å². The predicted octanol–water partition coefficient (Wildman–Crippen LogP) is -1.42. The zero-order valence-corrected chi connectivity index (χ0v) is 3.56. The summed E-state index contributed by atoms with van der Waals surface area (Å²) in [5, 5.41) is 0. The van der Waals surface area contributed by atoms with E-state index >= 15 is 0 Å². The van der Waals surface area contributed by atoms with Gasteiger partial charge in [-0.3, -0.25) is 0 Å². The fourth-order valence-corrected chi connectivity index (χ4v) is 0. The second-order valence-electron chi connectivity index (χ2n) is 0.0577. The minimum absolute atomic E-state index is 0. The zero-order valence-electron chi connectivity index (χ0n) is 1.17. The molecule has 0 saturated heterocycles. The molecule has 5 heavy (non-hydrogen) atoms. The van der Waals surface area contributed by atoms with Crippen molar-refractivity contribution in [2.24, 2.45) is 0 Å². The number of rotatable bonds is 0. The van der Waals surface area contributed by atoms with Crippen molar-refractivity contribution in [3.8, 4) is 0 Å². The van der Waals surface area contributed by atoms with Crippen LogP contribution in [0.25, 0.3) is 0 Å². The zero-order chi connectivity index (χ0) is 2.71. The van der Waals surface area contributed by atoms with Crippen LogP contribution in [0.4, 0.5) is 0 Å². The molecule has 0 amide bonds. The Hall–Kier alpha value is 2.48. The third kappa shape index (κ3) is 21.2. The van der Waals surface area contributed by atoms with Crippen molar-refractivity contribution in [3.05, 3.63) is 0 Å². The molecule has 0 aromatic heterocycles. The van der Waals surface area contributed by atoms with Gasteiger partial charge in [-0.15, -0.1) is 0 Å². The van der Waals surface area contributed by atoms with Crippen LogP contribution in [0.15, 0.2) is 0 Å². The van der Waals surface area contributed by atoms with Gasteiger partial charge in [0.25, 0.3) is 0 Å². The molecule has 0 atom stereocenters. The average molecular weight is 158 g/mol.